The van der Waals surface area contributed by atoms with Crippen molar-refractivity contribution in [3.8, 4) is 5.75 Å². The molecule has 0 bridgehead atoms. The maximum absolute atomic E-state index is 12.1. The lowest BCUT2D eigenvalue weighted by Crippen LogP contribution is -2.31. The quantitative estimate of drug-likeness (QED) is 0.781. The van der Waals surface area contributed by atoms with Gasteiger partial charge in [-0.05, 0) is 55.7 Å². The van der Waals surface area contributed by atoms with Crippen molar-refractivity contribution in [2.75, 3.05) is 11.9 Å². The number of anilines is 1. The molecule has 1 atom stereocenters. The van der Waals surface area contributed by atoms with Gasteiger partial charge in [0, 0.05) is 5.69 Å². The second kappa shape index (κ2) is 8.87. The molecule has 0 aliphatic heterocycles. The summed E-state index contributed by atoms with van der Waals surface area (Å²) in [5.74, 6) is -0.348. The molecule has 1 amide bonds. The topological polar surface area (TPSA) is 64.6 Å². The van der Waals surface area contributed by atoms with Gasteiger partial charge in [0.1, 0.15) is 5.75 Å². The van der Waals surface area contributed by atoms with E-state index in [0.717, 1.165) is 11.1 Å². The highest BCUT2D eigenvalue weighted by Gasteiger charge is 2.21. The zero-order valence-corrected chi connectivity index (χ0v) is 14.7. The number of hydrogen-bond donors (Lipinski definition) is 1. The third-order valence-electron chi connectivity index (χ3n) is 3.79. The molecular formula is C20H23NO4. The Hall–Kier alpha value is -2.82. The first-order chi connectivity index (χ1) is 12.0. The molecule has 0 aromatic heterocycles. The highest BCUT2D eigenvalue weighted by Crippen LogP contribution is 2.15. The van der Waals surface area contributed by atoms with Crippen molar-refractivity contribution >= 4 is 17.6 Å². The normalized spacial score (nSPS) is 11.5. The van der Waals surface area contributed by atoms with Crippen LogP contribution >= 0.6 is 0 Å². The number of para-hydroxylation sites is 1. The molecule has 0 heterocycles. The SMILES string of the molecule is CC[C@@H](Oc1ccccc1)C(=O)OCC(=O)Nc1ccc(C)c(C)c1. The summed E-state index contributed by atoms with van der Waals surface area (Å²) in [6.07, 6.45) is -0.288. The Morgan fingerprint density at radius 2 is 1.76 bits per heavy atom. The van der Waals surface area contributed by atoms with Gasteiger partial charge in [-0.1, -0.05) is 31.2 Å². The number of aryl methyl sites for hydroxylation is 2. The molecular weight excluding hydrogens is 318 g/mol. The van der Waals surface area contributed by atoms with E-state index in [1.807, 2.05) is 57.2 Å². The van der Waals surface area contributed by atoms with E-state index < -0.39 is 12.1 Å². The summed E-state index contributed by atoms with van der Waals surface area (Å²) < 4.78 is 10.7. The van der Waals surface area contributed by atoms with E-state index in [4.69, 9.17) is 9.47 Å². The average Bonchev–Trinajstić information content (AvgIpc) is 2.61. The Balaban J connectivity index is 1.84. The van der Waals surface area contributed by atoms with E-state index in [9.17, 15) is 9.59 Å². The molecule has 0 saturated carbocycles. The highest BCUT2D eigenvalue weighted by molar-refractivity contribution is 5.93. The van der Waals surface area contributed by atoms with Crippen LogP contribution in [0.25, 0.3) is 0 Å². The van der Waals surface area contributed by atoms with Crippen molar-refractivity contribution in [2.45, 2.75) is 33.3 Å². The summed E-state index contributed by atoms with van der Waals surface area (Å²) in [5.41, 5.74) is 2.90. The average molecular weight is 341 g/mol. The van der Waals surface area contributed by atoms with Crippen molar-refractivity contribution < 1.29 is 19.1 Å². The molecule has 2 aromatic rings. The smallest absolute Gasteiger partial charge is 0.347 e. The van der Waals surface area contributed by atoms with Crippen LogP contribution in [-0.4, -0.2) is 24.6 Å². The third-order valence-corrected chi connectivity index (χ3v) is 3.79. The minimum absolute atomic E-state index is 0.347. The molecule has 5 heteroatoms. The van der Waals surface area contributed by atoms with Gasteiger partial charge in [0.05, 0.1) is 0 Å². The molecule has 0 radical (unpaired) electrons. The van der Waals surface area contributed by atoms with Crippen LogP contribution < -0.4 is 10.1 Å². The lowest BCUT2D eigenvalue weighted by atomic mass is 10.1. The van der Waals surface area contributed by atoms with E-state index in [1.54, 1.807) is 12.1 Å². The molecule has 0 aliphatic rings. The predicted octanol–water partition coefficient (Wildman–Crippen LogP) is 3.64. The van der Waals surface area contributed by atoms with Gasteiger partial charge in [0.2, 0.25) is 0 Å². The van der Waals surface area contributed by atoms with Crippen molar-refractivity contribution in [1.29, 1.82) is 0 Å². The molecule has 0 fully saturated rings. The number of carbonyl (C=O) groups is 2. The Labute approximate surface area is 148 Å². The number of nitrogens with one attached hydrogen (secondary N) is 1. The number of amides is 1. The number of esters is 1. The molecule has 132 valence electrons. The minimum atomic E-state index is -0.739. The molecule has 5 nitrogen and oxygen atoms in total. The Bertz CT molecular complexity index is 728. The van der Waals surface area contributed by atoms with E-state index in [-0.39, 0.29) is 12.5 Å². The number of rotatable bonds is 7. The maximum atomic E-state index is 12.1. The monoisotopic (exact) mass is 341 g/mol. The standard InChI is InChI=1S/C20H23NO4/c1-4-18(25-17-8-6-5-7-9-17)20(23)24-13-19(22)21-16-11-10-14(2)15(3)12-16/h5-12,18H,4,13H2,1-3H3,(H,21,22)/t18-/m1/s1. The summed E-state index contributed by atoms with van der Waals surface area (Å²) in [7, 11) is 0. The minimum Gasteiger partial charge on any atom is -0.479 e. The second-order valence-electron chi connectivity index (χ2n) is 5.78. The van der Waals surface area contributed by atoms with Crippen LogP contribution in [0.3, 0.4) is 0 Å². The van der Waals surface area contributed by atoms with Crippen LogP contribution in [0.1, 0.15) is 24.5 Å². The number of carbonyl (C=O) groups excluding carboxylic acids is 2. The van der Waals surface area contributed by atoms with Crippen LogP contribution in [-0.2, 0) is 14.3 Å². The van der Waals surface area contributed by atoms with Gasteiger partial charge in [-0.15, -0.1) is 0 Å². The van der Waals surface area contributed by atoms with Crippen LogP contribution in [0.2, 0.25) is 0 Å². The molecule has 0 aliphatic carbocycles. The van der Waals surface area contributed by atoms with Gasteiger partial charge >= 0.3 is 5.97 Å². The largest absolute Gasteiger partial charge is 0.479 e. The molecule has 1 N–H and O–H groups in total. The van der Waals surface area contributed by atoms with Gasteiger partial charge in [-0.2, -0.15) is 0 Å². The molecule has 2 aromatic carbocycles. The van der Waals surface area contributed by atoms with Crippen LogP contribution in [0.5, 0.6) is 5.75 Å². The summed E-state index contributed by atoms with van der Waals surface area (Å²) in [4.78, 5) is 24.1. The first-order valence-corrected chi connectivity index (χ1v) is 8.25. The fourth-order valence-electron chi connectivity index (χ4n) is 2.21. The van der Waals surface area contributed by atoms with Crippen LogP contribution in [0.15, 0.2) is 48.5 Å². The van der Waals surface area contributed by atoms with Crippen molar-refractivity contribution in [2.24, 2.45) is 0 Å². The summed E-state index contributed by atoms with van der Waals surface area (Å²) in [5, 5.41) is 2.71. The van der Waals surface area contributed by atoms with Gasteiger partial charge in [0.25, 0.3) is 5.91 Å². The predicted molar refractivity (Wildman–Crippen MR) is 96.7 cm³/mol. The molecule has 0 unspecified atom stereocenters. The van der Waals surface area contributed by atoms with Crippen LogP contribution in [0.4, 0.5) is 5.69 Å². The van der Waals surface area contributed by atoms with E-state index in [2.05, 4.69) is 5.32 Å². The number of hydrogen-bond acceptors (Lipinski definition) is 4. The number of benzene rings is 2. The van der Waals surface area contributed by atoms with Gasteiger partial charge in [-0.25, -0.2) is 4.79 Å². The third kappa shape index (κ3) is 5.64. The van der Waals surface area contributed by atoms with Gasteiger partial charge in [0.15, 0.2) is 12.7 Å². The van der Waals surface area contributed by atoms with Crippen molar-refractivity contribution in [3.63, 3.8) is 0 Å². The Kier molecular flexibility index (Phi) is 6.57. The van der Waals surface area contributed by atoms with Gasteiger partial charge in [-0.3, -0.25) is 4.79 Å². The van der Waals surface area contributed by atoms with E-state index >= 15 is 0 Å². The number of ether oxygens (including phenoxy) is 2. The Morgan fingerprint density at radius 1 is 1.04 bits per heavy atom. The lowest BCUT2D eigenvalue weighted by Gasteiger charge is -2.16. The molecule has 0 saturated heterocycles. The zero-order chi connectivity index (χ0) is 18.2. The van der Waals surface area contributed by atoms with Crippen molar-refractivity contribution in [1.82, 2.24) is 0 Å². The van der Waals surface area contributed by atoms with Crippen LogP contribution in [0, 0.1) is 13.8 Å². The molecule has 2 rings (SSSR count). The fraction of sp³-hybridized carbons (Fsp3) is 0.300. The molecule has 0 spiro atoms. The molecule has 25 heavy (non-hydrogen) atoms. The summed E-state index contributed by atoms with van der Waals surface area (Å²) in [6.45, 7) is 5.45. The first kappa shape index (κ1) is 18.5. The summed E-state index contributed by atoms with van der Waals surface area (Å²) >= 11 is 0. The fourth-order valence-corrected chi connectivity index (χ4v) is 2.21. The highest BCUT2D eigenvalue weighted by atomic mass is 16.6. The second-order valence-corrected chi connectivity index (χ2v) is 5.78. The maximum Gasteiger partial charge on any atom is 0.347 e. The Morgan fingerprint density at radius 3 is 2.40 bits per heavy atom. The van der Waals surface area contributed by atoms with E-state index in [0.29, 0.717) is 17.9 Å². The summed E-state index contributed by atoms with van der Waals surface area (Å²) in [6, 6.07) is 14.7. The van der Waals surface area contributed by atoms with E-state index in [1.165, 1.54) is 0 Å². The lowest BCUT2D eigenvalue weighted by molar-refractivity contribution is -0.154. The van der Waals surface area contributed by atoms with Gasteiger partial charge < -0.3 is 14.8 Å². The zero-order valence-electron chi connectivity index (χ0n) is 14.7. The first-order valence-electron chi connectivity index (χ1n) is 8.25. The van der Waals surface area contributed by atoms with Crippen molar-refractivity contribution in [3.05, 3.63) is 59.7 Å².